The molecule has 8 heteroatoms. The first kappa shape index (κ1) is 13.2. The zero-order valence-electron chi connectivity index (χ0n) is 8.25. The van der Waals surface area contributed by atoms with Crippen LogP contribution >= 0.6 is 0 Å². The van der Waals surface area contributed by atoms with Gasteiger partial charge in [-0.25, -0.2) is 4.79 Å². The number of aliphatic carboxylic acids is 1. The van der Waals surface area contributed by atoms with Crippen LogP contribution in [0.4, 0.5) is 13.2 Å². The molecule has 0 saturated carbocycles. The second-order valence-electron chi connectivity index (χ2n) is 3.76. The first-order valence-electron chi connectivity index (χ1n) is 4.58. The average molecular weight is 243 g/mol. The molecule has 0 aliphatic carbocycles. The van der Waals surface area contributed by atoms with Crippen LogP contribution < -0.4 is 5.32 Å². The molecule has 0 aromatic rings. The van der Waals surface area contributed by atoms with Gasteiger partial charge < -0.3 is 20.3 Å². The molecule has 0 radical (unpaired) electrons. The standard InChI is InChI=1S/C6H11NO2.C2HF3O2/c8-5-1-6(9-2-5)3-7-4-6;3-2(4,5)1(6)7/h5,7-8H,1-4H2;(H,6,7). The lowest BCUT2D eigenvalue weighted by Gasteiger charge is -2.37. The van der Waals surface area contributed by atoms with Crippen LogP contribution in [0.25, 0.3) is 0 Å². The molecular formula is C8H12F3NO4. The van der Waals surface area contributed by atoms with Gasteiger partial charge in [-0.2, -0.15) is 13.2 Å². The third-order valence-electron chi connectivity index (χ3n) is 2.33. The number of aliphatic hydroxyl groups is 1. The van der Waals surface area contributed by atoms with Crippen molar-refractivity contribution in [2.75, 3.05) is 19.7 Å². The van der Waals surface area contributed by atoms with Gasteiger partial charge in [0.15, 0.2) is 0 Å². The van der Waals surface area contributed by atoms with E-state index in [1.807, 2.05) is 0 Å². The molecule has 2 fully saturated rings. The third kappa shape index (κ3) is 3.32. The topological polar surface area (TPSA) is 78.8 Å². The lowest BCUT2D eigenvalue weighted by atomic mass is 9.93. The highest BCUT2D eigenvalue weighted by atomic mass is 19.4. The zero-order valence-corrected chi connectivity index (χ0v) is 8.25. The van der Waals surface area contributed by atoms with Crippen molar-refractivity contribution in [3.63, 3.8) is 0 Å². The summed E-state index contributed by atoms with van der Waals surface area (Å²) in [6.45, 7) is 2.37. The van der Waals surface area contributed by atoms with Gasteiger partial charge >= 0.3 is 12.1 Å². The summed E-state index contributed by atoms with van der Waals surface area (Å²) in [4.78, 5) is 8.90. The minimum atomic E-state index is -5.08. The third-order valence-corrected chi connectivity index (χ3v) is 2.33. The Balaban J connectivity index is 0.000000168. The number of ether oxygens (including phenoxy) is 1. The monoisotopic (exact) mass is 243 g/mol. The van der Waals surface area contributed by atoms with Gasteiger partial charge in [0, 0.05) is 19.5 Å². The van der Waals surface area contributed by atoms with Crippen molar-refractivity contribution < 1.29 is 32.9 Å². The fourth-order valence-corrected chi connectivity index (χ4v) is 1.47. The second-order valence-corrected chi connectivity index (χ2v) is 3.76. The Morgan fingerprint density at radius 3 is 2.06 bits per heavy atom. The molecule has 1 atom stereocenters. The number of alkyl halides is 3. The van der Waals surface area contributed by atoms with Crippen molar-refractivity contribution in [2.24, 2.45) is 0 Å². The van der Waals surface area contributed by atoms with E-state index < -0.39 is 12.1 Å². The molecule has 0 aromatic heterocycles. The van der Waals surface area contributed by atoms with Gasteiger partial charge in [0.05, 0.1) is 18.3 Å². The van der Waals surface area contributed by atoms with Crippen molar-refractivity contribution in [3.8, 4) is 0 Å². The van der Waals surface area contributed by atoms with Crippen LogP contribution in [0.3, 0.4) is 0 Å². The summed E-state index contributed by atoms with van der Waals surface area (Å²) in [7, 11) is 0. The van der Waals surface area contributed by atoms with Crippen molar-refractivity contribution in [1.29, 1.82) is 0 Å². The molecule has 0 bridgehead atoms. The number of carbonyl (C=O) groups is 1. The zero-order chi connectivity index (χ0) is 12.4. The molecule has 2 rings (SSSR count). The molecular weight excluding hydrogens is 231 g/mol. The molecule has 1 unspecified atom stereocenters. The fourth-order valence-electron chi connectivity index (χ4n) is 1.47. The fraction of sp³-hybridized carbons (Fsp3) is 0.875. The van der Waals surface area contributed by atoms with E-state index in [9.17, 15) is 13.2 Å². The maximum atomic E-state index is 10.6. The molecule has 1 spiro atoms. The number of rotatable bonds is 0. The van der Waals surface area contributed by atoms with E-state index in [0.717, 1.165) is 19.5 Å². The van der Waals surface area contributed by atoms with Crippen LogP contribution in [0.15, 0.2) is 0 Å². The van der Waals surface area contributed by atoms with Crippen LogP contribution in [0.2, 0.25) is 0 Å². The van der Waals surface area contributed by atoms with Crippen LogP contribution in [0.5, 0.6) is 0 Å². The highest BCUT2D eigenvalue weighted by Gasteiger charge is 2.44. The molecule has 5 nitrogen and oxygen atoms in total. The Morgan fingerprint density at radius 1 is 1.44 bits per heavy atom. The van der Waals surface area contributed by atoms with Gasteiger partial charge in [-0.15, -0.1) is 0 Å². The molecule has 2 heterocycles. The molecule has 2 aliphatic rings. The number of aliphatic hydroxyl groups excluding tert-OH is 1. The summed E-state index contributed by atoms with van der Waals surface area (Å²) >= 11 is 0. The van der Waals surface area contributed by atoms with E-state index in [1.54, 1.807) is 0 Å². The molecule has 2 aliphatic heterocycles. The molecule has 94 valence electrons. The average Bonchev–Trinajstić information content (AvgIpc) is 2.46. The van der Waals surface area contributed by atoms with E-state index in [0.29, 0.717) is 6.61 Å². The largest absolute Gasteiger partial charge is 0.490 e. The minimum Gasteiger partial charge on any atom is -0.475 e. The number of nitrogens with one attached hydrogen (secondary N) is 1. The van der Waals surface area contributed by atoms with E-state index in [2.05, 4.69) is 5.32 Å². The van der Waals surface area contributed by atoms with Crippen molar-refractivity contribution in [1.82, 2.24) is 5.32 Å². The van der Waals surface area contributed by atoms with Gasteiger partial charge in [0.2, 0.25) is 0 Å². The van der Waals surface area contributed by atoms with Crippen LogP contribution in [0.1, 0.15) is 6.42 Å². The Labute approximate surface area is 89.2 Å². The van der Waals surface area contributed by atoms with Crippen LogP contribution in [-0.2, 0) is 9.53 Å². The normalized spacial score (nSPS) is 26.9. The second kappa shape index (κ2) is 4.56. The van der Waals surface area contributed by atoms with E-state index >= 15 is 0 Å². The van der Waals surface area contributed by atoms with Gasteiger partial charge in [-0.05, 0) is 0 Å². The lowest BCUT2D eigenvalue weighted by Crippen LogP contribution is -2.59. The lowest BCUT2D eigenvalue weighted by molar-refractivity contribution is -0.192. The molecule has 0 aromatic carbocycles. The van der Waals surface area contributed by atoms with Gasteiger partial charge in [-0.1, -0.05) is 0 Å². The Morgan fingerprint density at radius 2 is 1.94 bits per heavy atom. The van der Waals surface area contributed by atoms with Crippen LogP contribution in [-0.4, -0.2) is 53.8 Å². The Bertz CT molecular complexity index is 264. The number of halogens is 3. The highest BCUT2D eigenvalue weighted by molar-refractivity contribution is 5.73. The van der Waals surface area contributed by atoms with Gasteiger partial charge in [0.25, 0.3) is 0 Å². The van der Waals surface area contributed by atoms with E-state index in [4.69, 9.17) is 19.7 Å². The SMILES string of the molecule is O=C(O)C(F)(F)F.OC1COC2(CNC2)C1. The summed E-state index contributed by atoms with van der Waals surface area (Å²) < 4.78 is 37.1. The molecule has 2 saturated heterocycles. The van der Waals surface area contributed by atoms with Crippen molar-refractivity contribution in [2.45, 2.75) is 24.3 Å². The van der Waals surface area contributed by atoms with E-state index in [1.165, 1.54) is 0 Å². The number of carboxylic acids is 1. The summed E-state index contributed by atoms with van der Waals surface area (Å²) in [5.74, 6) is -2.76. The quantitative estimate of drug-likeness (QED) is 0.546. The minimum absolute atomic E-state index is 0.0272. The molecule has 0 amide bonds. The molecule has 3 N–H and O–H groups in total. The first-order chi connectivity index (χ1) is 7.25. The van der Waals surface area contributed by atoms with Crippen molar-refractivity contribution >= 4 is 5.97 Å². The summed E-state index contributed by atoms with van der Waals surface area (Å²) in [5.41, 5.74) is 0.0272. The molecule has 16 heavy (non-hydrogen) atoms. The summed E-state index contributed by atoms with van der Waals surface area (Å²) in [5, 5.41) is 19.3. The van der Waals surface area contributed by atoms with Gasteiger partial charge in [-0.3, -0.25) is 0 Å². The highest BCUT2D eigenvalue weighted by Crippen LogP contribution is 2.28. The summed E-state index contributed by atoms with van der Waals surface area (Å²) in [6.07, 6.45) is -4.48. The predicted molar refractivity (Wildman–Crippen MR) is 45.9 cm³/mol. The van der Waals surface area contributed by atoms with E-state index in [-0.39, 0.29) is 11.7 Å². The first-order valence-corrected chi connectivity index (χ1v) is 4.58. The number of hydrogen-bond acceptors (Lipinski definition) is 4. The van der Waals surface area contributed by atoms with Crippen molar-refractivity contribution in [3.05, 3.63) is 0 Å². The predicted octanol–water partition coefficient (Wildman–Crippen LogP) is -0.257. The number of carboxylic acid groups (broad SMARTS) is 1. The summed E-state index contributed by atoms with van der Waals surface area (Å²) in [6, 6.07) is 0. The maximum Gasteiger partial charge on any atom is 0.490 e. The Kier molecular flexibility index (Phi) is 3.76. The smallest absolute Gasteiger partial charge is 0.475 e. The Hall–Kier alpha value is -0.860. The van der Waals surface area contributed by atoms with Crippen LogP contribution in [0, 0.1) is 0 Å². The maximum absolute atomic E-state index is 10.6. The number of hydrogen-bond donors (Lipinski definition) is 3. The van der Waals surface area contributed by atoms with Gasteiger partial charge in [0.1, 0.15) is 0 Å².